The average molecular weight is 274 g/mol. The summed E-state index contributed by atoms with van der Waals surface area (Å²) in [5.41, 5.74) is 8.39. The molecule has 0 saturated heterocycles. The van der Waals surface area contributed by atoms with E-state index in [-0.39, 0.29) is 6.04 Å². The van der Waals surface area contributed by atoms with Crippen LogP contribution in [0.25, 0.3) is 22.7 Å². The number of rotatable bonds is 3. The molecule has 0 spiro atoms. The number of hydrogen-bond donors (Lipinski definition) is 1. The first-order valence-corrected chi connectivity index (χ1v) is 6.94. The van der Waals surface area contributed by atoms with Gasteiger partial charge in [0.2, 0.25) is 0 Å². The van der Waals surface area contributed by atoms with Crippen LogP contribution in [0.5, 0.6) is 0 Å². The zero-order chi connectivity index (χ0) is 13.4. The van der Waals surface area contributed by atoms with Crippen LogP contribution < -0.4 is 5.73 Å². The maximum atomic E-state index is 5.92. The molecule has 3 rings (SSSR count). The largest absolute Gasteiger partial charge is 0.384 e. The highest BCUT2D eigenvalue weighted by Crippen LogP contribution is 2.28. The normalized spacial score (nSPS) is 11.3. The van der Waals surface area contributed by atoms with E-state index in [1.165, 1.54) is 0 Å². The monoisotopic (exact) mass is 274 g/mol. The van der Waals surface area contributed by atoms with Gasteiger partial charge in [-0.05, 0) is 25.3 Å². The van der Waals surface area contributed by atoms with Crippen molar-refractivity contribution in [3.8, 4) is 22.7 Å². The summed E-state index contributed by atoms with van der Waals surface area (Å²) in [6.45, 7) is 4.07. The molecule has 2 N–H and O–H groups in total. The van der Waals surface area contributed by atoms with Gasteiger partial charge < -0.3 is 10.3 Å². The van der Waals surface area contributed by atoms with E-state index in [4.69, 9.17) is 10.3 Å². The minimum absolute atomic E-state index is 0.219. The predicted molar refractivity (Wildman–Crippen MR) is 75.8 cm³/mol. The second kappa shape index (κ2) is 4.55. The molecule has 3 aromatic rings. The number of aromatic nitrogens is 3. The molecular weight excluding hydrogens is 260 g/mol. The second-order valence-electron chi connectivity index (χ2n) is 4.58. The van der Waals surface area contributed by atoms with Gasteiger partial charge in [0, 0.05) is 29.1 Å². The van der Waals surface area contributed by atoms with Gasteiger partial charge in [0.25, 0.3) is 0 Å². The zero-order valence-corrected chi connectivity index (χ0v) is 11.5. The molecule has 0 aliphatic carbocycles. The summed E-state index contributed by atoms with van der Waals surface area (Å²) in [5, 5.41) is 12.5. The summed E-state index contributed by atoms with van der Waals surface area (Å²) in [5.74, 6) is 1.37. The molecule has 6 heteroatoms. The fourth-order valence-corrected chi connectivity index (χ4v) is 2.53. The standard InChI is InChI=1S/C13H14N4OS/c1-8(2)17-13(14)6-10(15-17)11-5-12(18-16-11)9-3-4-19-7-9/h3-8H,14H2,1-2H3. The van der Waals surface area contributed by atoms with Crippen molar-refractivity contribution in [2.24, 2.45) is 0 Å². The Morgan fingerprint density at radius 2 is 2.16 bits per heavy atom. The molecule has 19 heavy (non-hydrogen) atoms. The summed E-state index contributed by atoms with van der Waals surface area (Å²) < 4.78 is 7.11. The predicted octanol–water partition coefficient (Wildman–Crippen LogP) is 3.43. The maximum Gasteiger partial charge on any atom is 0.168 e. The van der Waals surface area contributed by atoms with Crippen LogP contribution in [0, 0.1) is 0 Å². The van der Waals surface area contributed by atoms with Gasteiger partial charge in [0.15, 0.2) is 5.76 Å². The third-order valence-corrected chi connectivity index (χ3v) is 3.52. The van der Waals surface area contributed by atoms with Crippen LogP contribution in [0.2, 0.25) is 0 Å². The summed E-state index contributed by atoms with van der Waals surface area (Å²) in [7, 11) is 0. The molecule has 0 fully saturated rings. The van der Waals surface area contributed by atoms with Gasteiger partial charge in [-0.25, -0.2) is 4.68 Å². The van der Waals surface area contributed by atoms with Gasteiger partial charge >= 0.3 is 0 Å². The van der Waals surface area contributed by atoms with E-state index in [2.05, 4.69) is 10.3 Å². The van der Waals surface area contributed by atoms with E-state index >= 15 is 0 Å². The molecule has 0 radical (unpaired) electrons. The molecule has 5 nitrogen and oxygen atoms in total. The smallest absolute Gasteiger partial charge is 0.168 e. The highest BCUT2D eigenvalue weighted by molar-refractivity contribution is 7.08. The first-order chi connectivity index (χ1) is 9.15. The maximum absolute atomic E-state index is 5.92. The van der Waals surface area contributed by atoms with Crippen molar-refractivity contribution in [2.75, 3.05) is 5.73 Å². The summed E-state index contributed by atoms with van der Waals surface area (Å²) >= 11 is 1.62. The Hall–Kier alpha value is -2.08. The molecular formula is C13H14N4OS. The first kappa shape index (κ1) is 12.0. The van der Waals surface area contributed by atoms with E-state index in [0.29, 0.717) is 11.5 Å². The fourth-order valence-electron chi connectivity index (χ4n) is 1.88. The molecule has 98 valence electrons. The van der Waals surface area contributed by atoms with Crippen molar-refractivity contribution in [1.82, 2.24) is 14.9 Å². The topological polar surface area (TPSA) is 69.9 Å². The Labute approximate surface area is 114 Å². The van der Waals surface area contributed by atoms with Crippen LogP contribution in [0.15, 0.2) is 33.5 Å². The lowest BCUT2D eigenvalue weighted by Gasteiger charge is -2.06. The van der Waals surface area contributed by atoms with Crippen molar-refractivity contribution in [3.63, 3.8) is 0 Å². The third-order valence-electron chi connectivity index (χ3n) is 2.83. The fraction of sp³-hybridized carbons (Fsp3) is 0.231. The van der Waals surface area contributed by atoms with Crippen molar-refractivity contribution < 1.29 is 4.52 Å². The molecule has 0 amide bonds. The van der Waals surface area contributed by atoms with Crippen LogP contribution in [-0.2, 0) is 0 Å². The molecule has 0 atom stereocenters. The molecule has 0 unspecified atom stereocenters. The number of nitrogens with two attached hydrogens (primary N) is 1. The minimum atomic E-state index is 0.219. The van der Waals surface area contributed by atoms with Crippen molar-refractivity contribution >= 4 is 17.2 Å². The Kier molecular flexibility index (Phi) is 2.87. The molecule has 0 saturated carbocycles. The molecule has 3 aromatic heterocycles. The summed E-state index contributed by atoms with van der Waals surface area (Å²) in [6, 6.07) is 5.91. The van der Waals surface area contributed by atoms with Crippen LogP contribution in [0.1, 0.15) is 19.9 Å². The summed E-state index contributed by atoms with van der Waals surface area (Å²) in [4.78, 5) is 0. The average Bonchev–Trinajstić information content (AvgIpc) is 3.08. The zero-order valence-electron chi connectivity index (χ0n) is 10.7. The SMILES string of the molecule is CC(C)n1nc(-c2cc(-c3ccsc3)on2)cc1N. The number of hydrogen-bond acceptors (Lipinski definition) is 5. The van der Waals surface area contributed by atoms with Crippen molar-refractivity contribution in [3.05, 3.63) is 29.0 Å². The lowest BCUT2D eigenvalue weighted by atomic mass is 10.2. The Bertz CT molecular complexity index is 681. The van der Waals surface area contributed by atoms with Crippen LogP contribution in [0.3, 0.4) is 0 Å². The van der Waals surface area contributed by atoms with Gasteiger partial charge in [-0.3, -0.25) is 0 Å². The summed E-state index contributed by atoms with van der Waals surface area (Å²) in [6.07, 6.45) is 0. The van der Waals surface area contributed by atoms with Gasteiger partial charge in [0.1, 0.15) is 17.2 Å². The van der Waals surface area contributed by atoms with Crippen LogP contribution >= 0.6 is 11.3 Å². The van der Waals surface area contributed by atoms with Crippen LogP contribution in [0.4, 0.5) is 5.82 Å². The molecule has 0 aliphatic heterocycles. The van der Waals surface area contributed by atoms with E-state index in [0.717, 1.165) is 17.0 Å². The minimum Gasteiger partial charge on any atom is -0.384 e. The Morgan fingerprint density at radius 1 is 1.32 bits per heavy atom. The van der Waals surface area contributed by atoms with Crippen molar-refractivity contribution in [1.29, 1.82) is 0 Å². The van der Waals surface area contributed by atoms with Gasteiger partial charge in [-0.2, -0.15) is 16.4 Å². The van der Waals surface area contributed by atoms with E-state index in [9.17, 15) is 0 Å². The van der Waals surface area contributed by atoms with Gasteiger partial charge in [-0.15, -0.1) is 0 Å². The Balaban J connectivity index is 1.97. The lowest BCUT2D eigenvalue weighted by molar-refractivity contribution is 0.434. The van der Waals surface area contributed by atoms with E-state index in [1.807, 2.05) is 42.8 Å². The number of thiophene rings is 1. The molecule has 0 bridgehead atoms. The van der Waals surface area contributed by atoms with Crippen molar-refractivity contribution in [2.45, 2.75) is 19.9 Å². The number of anilines is 1. The van der Waals surface area contributed by atoms with Gasteiger partial charge in [-0.1, -0.05) is 5.16 Å². The quantitative estimate of drug-likeness (QED) is 0.794. The van der Waals surface area contributed by atoms with Crippen LogP contribution in [-0.4, -0.2) is 14.9 Å². The molecule has 0 aliphatic rings. The van der Waals surface area contributed by atoms with E-state index < -0.39 is 0 Å². The Morgan fingerprint density at radius 3 is 2.79 bits per heavy atom. The number of nitrogens with zero attached hydrogens (tertiary/aromatic N) is 3. The lowest BCUT2D eigenvalue weighted by Crippen LogP contribution is -2.06. The highest BCUT2D eigenvalue weighted by Gasteiger charge is 2.14. The molecule has 0 aromatic carbocycles. The first-order valence-electron chi connectivity index (χ1n) is 6.00. The second-order valence-corrected chi connectivity index (χ2v) is 5.36. The molecule has 3 heterocycles. The third kappa shape index (κ3) is 2.15. The van der Waals surface area contributed by atoms with Gasteiger partial charge in [0.05, 0.1) is 0 Å². The highest BCUT2D eigenvalue weighted by atomic mass is 32.1. The number of nitrogen functional groups attached to an aromatic ring is 1. The van der Waals surface area contributed by atoms with E-state index in [1.54, 1.807) is 16.0 Å².